The molecular formula is C16H24N6O2. The van der Waals surface area contributed by atoms with Crippen molar-refractivity contribution in [2.75, 3.05) is 13.2 Å². The molecule has 1 aliphatic rings. The normalized spacial score (nSPS) is 15.2. The summed E-state index contributed by atoms with van der Waals surface area (Å²) in [4.78, 5) is 22.0. The molecule has 1 atom stereocenters. The lowest BCUT2D eigenvalue weighted by atomic mass is 9.99. The van der Waals surface area contributed by atoms with Gasteiger partial charge in [-0.25, -0.2) is 4.98 Å². The number of carbonyl (C=O) groups is 1. The number of nitrogens with zero attached hydrogens (tertiary/aromatic N) is 2. The SMILES string of the molecule is CC(=O)NCC1=CC=C(COC(C)c2[nH]cnc2N=C(N)N)CC1. The van der Waals surface area contributed by atoms with E-state index in [1.807, 2.05) is 13.0 Å². The van der Waals surface area contributed by atoms with E-state index in [0.717, 1.165) is 18.5 Å². The summed E-state index contributed by atoms with van der Waals surface area (Å²) in [5.41, 5.74) is 13.9. The molecular weight excluding hydrogens is 308 g/mol. The summed E-state index contributed by atoms with van der Waals surface area (Å²) in [6, 6.07) is 0. The molecule has 1 amide bonds. The molecule has 0 bridgehead atoms. The lowest BCUT2D eigenvalue weighted by molar-refractivity contribution is -0.118. The second-order valence-corrected chi connectivity index (χ2v) is 5.69. The van der Waals surface area contributed by atoms with E-state index in [1.54, 1.807) is 0 Å². The molecule has 1 aliphatic carbocycles. The number of hydrogen-bond acceptors (Lipinski definition) is 4. The number of rotatable bonds is 7. The van der Waals surface area contributed by atoms with Crippen LogP contribution in [0.25, 0.3) is 0 Å². The lowest BCUT2D eigenvalue weighted by Crippen LogP contribution is -2.23. The van der Waals surface area contributed by atoms with Crippen LogP contribution < -0.4 is 16.8 Å². The minimum Gasteiger partial charge on any atom is -0.370 e. The third-order valence-corrected chi connectivity index (χ3v) is 3.69. The van der Waals surface area contributed by atoms with Gasteiger partial charge in [-0.3, -0.25) is 4.79 Å². The van der Waals surface area contributed by atoms with Gasteiger partial charge in [-0.15, -0.1) is 0 Å². The molecule has 0 fully saturated rings. The largest absolute Gasteiger partial charge is 0.370 e. The molecule has 1 unspecified atom stereocenters. The Hall–Kier alpha value is -2.61. The Morgan fingerprint density at radius 2 is 2.12 bits per heavy atom. The third-order valence-electron chi connectivity index (χ3n) is 3.69. The highest BCUT2D eigenvalue weighted by Crippen LogP contribution is 2.26. The zero-order chi connectivity index (χ0) is 17.5. The molecule has 8 heteroatoms. The average Bonchev–Trinajstić information content (AvgIpc) is 2.99. The minimum atomic E-state index is -0.212. The van der Waals surface area contributed by atoms with Crippen LogP contribution in [0.4, 0.5) is 5.82 Å². The molecule has 1 aromatic rings. The highest BCUT2D eigenvalue weighted by molar-refractivity contribution is 5.78. The smallest absolute Gasteiger partial charge is 0.217 e. The van der Waals surface area contributed by atoms with Gasteiger partial charge in [0.2, 0.25) is 5.91 Å². The minimum absolute atomic E-state index is 0.0148. The van der Waals surface area contributed by atoms with Crippen molar-refractivity contribution in [3.05, 3.63) is 35.3 Å². The number of allylic oxidation sites excluding steroid dienone is 2. The maximum Gasteiger partial charge on any atom is 0.217 e. The summed E-state index contributed by atoms with van der Waals surface area (Å²) in [7, 11) is 0. The molecule has 2 rings (SSSR count). The molecule has 1 heterocycles. The summed E-state index contributed by atoms with van der Waals surface area (Å²) >= 11 is 0. The fourth-order valence-electron chi connectivity index (χ4n) is 2.35. The van der Waals surface area contributed by atoms with Gasteiger partial charge in [0.25, 0.3) is 0 Å². The number of aromatic nitrogens is 2. The van der Waals surface area contributed by atoms with Gasteiger partial charge < -0.3 is 26.5 Å². The summed E-state index contributed by atoms with van der Waals surface area (Å²) in [6.45, 7) is 4.56. The number of imidazole rings is 1. The molecule has 130 valence electrons. The molecule has 8 nitrogen and oxygen atoms in total. The van der Waals surface area contributed by atoms with Crippen molar-refractivity contribution < 1.29 is 9.53 Å². The van der Waals surface area contributed by atoms with Crippen molar-refractivity contribution in [2.45, 2.75) is 32.8 Å². The van der Waals surface area contributed by atoms with E-state index in [2.05, 4.69) is 26.4 Å². The zero-order valence-electron chi connectivity index (χ0n) is 14.0. The topological polar surface area (TPSA) is 131 Å². The van der Waals surface area contributed by atoms with Crippen LogP contribution in [0.3, 0.4) is 0 Å². The van der Waals surface area contributed by atoms with Crippen LogP contribution in [-0.2, 0) is 9.53 Å². The van der Waals surface area contributed by atoms with Crippen molar-refractivity contribution in [1.82, 2.24) is 15.3 Å². The number of aliphatic imine (C=N–C) groups is 1. The molecule has 0 aliphatic heterocycles. The van der Waals surface area contributed by atoms with Crippen LogP contribution >= 0.6 is 0 Å². The van der Waals surface area contributed by atoms with Crippen LogP contribution in [0.15, 0.2) is 34.6 Å². The Morgan fingerprint density at radius 3 is 2.75 bits per heavy atom. The first-order valence-electron chi connectivity index (χ1n) is 7.82. The summed E-state index contributed by atoms with van der Waals surface area (Å²) in [6.07, 6.45) is 7.26. The molecule has 24 heavy (non-hydrogen) atoms. The number of carbonyl (C=O) groups excluding carboxylic acids is 1. The highest BCUT2D eigenvalue weighted by Gasteiger charge is 2.15. The Morgan fingerprint density at radius 1 is 1.42 bits per heavy atom. The lowest BCUT2D eigenvalue weighted by Gasteiger charge is -2.17. The first-order valence-corrected chi connectivity index (χ1v) is 7.82. The van der Waals surface area contributed by atoms with Gasteiger partial charge in [0.1, 0.15) is 0 Å². The quantitative estimate of drug-likeness (QED) is 0.440. The number of hydrogen-bond donors (Lipinski definition) is 4. The first kappa shape index (κ1) is 17.7. The fraction of sp³-hybridized carbons (Fsp3) is 0.438. The van der Waals surface area contributed by atoms with Crippen LogP contribution in [0.2, 0.25) is 0 Å². The van der Waals surface area contributed by atoms with Crippen molar-refractivity contribution in [3.8, 4) is 0 Å². The number of guanidine groups is 1. The van der Waals surface area contributed by atoms with E-state index in [4.69, 9.17) is 16.2 Å². The molecule has 0 saturated carbocycles. The van der Waals surface area contributed by atoms with Crippen molar-refractivity contribution in [3.63, 3.8) is 0 Å². The first-order chi connectivity index (χ1) is 11.5. The van der Waals surface area contributed by atoms with E-state index in [1.165, 1.54) is 24.4 Å². The number of aromatic amines is 1. The Bertz CT molecular complexity index is 670. The van der Waals surface area contributed by atoms with Gasteiger partial charge in [-0.1, -0.05) is 17.7 Å². The highest BCUT2D eigenvalue weighted by atomic mass is 16.5. The predicted octanol–water partition coefficient (Wildman–Crippen LogP) is 1.17. The van der Waals surface area contributed by atoms with Gasteiger partial charge in [0, 0.05) is 13.5 Å². The molecule has 0 saturated heterocycles. The van der Waals surface area contributed by atoms with E-state index in [9.17, 15) is 4.79 Å². The van der Waals surface area contributed by atoms with Crippen LogP contribution in [0, 0.1) is 0 Å². The Labute approximate surface area is 141 Å². The van der Waals surface area contributed by atoms with Crippen LogP contribution in [0.1, 0.15) is 38.5 Å². The maximum atomic E-state index is 10.9. The molecule has 1 aromatic heterocycles. The average molecular weight is 332 g/mol. The van der Waals surface area contributed by atoms with Crippen LogP contribution in [0.5, 0.6) is 0 Å². The van der Waals surface area contributed by atoms with Crippen LogP contribution in [-0.4, -0.2) is 35.0 Å². The van der Waals surface area contributed by atoms with Gasteiger partial charge in [-0.2, -0.15) is 4.99 Å². The molecule has 0 aromatic carbocycles. The van der Waals surface area contributed by atoms with Gasteiger partial charge in [0.05, 0.1) is 24.7 Å². The van der Waals surface area contributed by atoms with Gasteiger partial charge in [-0.05, 0) is 25.3 Å². The number of ether oxygens (including phenoxy) is 1. The van der Waals surface area contributed by atoms with Crippen molar-refractivity contribution in [1.29, 1.82) is 0 Å². The van der Waals surface area contributed by atoms with Gasteiger partial charge >= 0.3 is 0 Å². The van der Waals surface area contributed by atoms with Gasteiger partial charge in [0.15, 0.2) is 11.8 Å². The maximum absolute atomic E-state index is 10.9. The molecule has 0 spiro atoms. The van der Waals surface area contributed by atoms with E-state index >= 15 is 0 Å². The number of nitrogens with one attached hydrogen (secondary N) is 2. The molecule has 0 radical (unpaired) electrons. The Balaban J connectivity index is 1.89. The Kier molecular flexibility index (Phi) is 6.14. The zero-order valence-corrected chi connectivity index (χ0v) is 14.0. The van der Waals surface area contributed by atoms with E-state index < -0.39 is 0 Å². The summed E-state index contributed by atoms with van der Waals surface area (Å²) < 4.78 is 5.89. The van der Waals surface area contributed by atoms with E-state index in [-0.39, 0.29) is 18.0 Å². The second kappa shape index (κ2) is 8.30. The third kappa shape index (κ3) is 5.24. The second-order valence-electron chi connectivity index (χ2n) is 5.69. The summed E-state index contributed by atoms with van der Waals surface area (Å²) in [5, 5.41) is 2.81. The summed E-state index contributed by atoms with van der Waals surface area (Å²) in [5.74, 6) is 0.388. The monoisotopic (exact) mass is 332 g/mol. The standard InChI is InChI=1S/C16H24N6O2/c1-10(14-15(21-9-20-14)22-16(17)18)24-8-13-5-3-12(4-6-13)7-19-11(2)23/h3,5,9-10H,4,6-8H2,1-2H3,(H,19,23)(H,20,21)(H4,17,18,22). The number of amides is 1. The number of nitrogens with two attached hydrogens (primary N) is 2. The fourth-order valence-corrected chi connectivity index (χ4v) is 2.35. The molecule has 6 N–H and O–H groups in total. The van der Waals surface area contributed by atoms with Crippen molar-refractivity contribution in [2.24, 2.45) is 16.5 Å². The predicted molar refractivity (Wildman–Crippen MR) is 92.5 cm³/mol. The number of H-pyrrole nitrogens is 1. The van der Waals surface area contributed by atoms with Crippen molar-refractivity contribution >= 4 is 17.7 Å². The van der Waals surface area contributed by atoms with E-state index in [0.29, 0.717) is 19.0 Å².